The second-order valence-corrected chi connectivity index (χ2v) is 8.25. The zero-order valence-corrected chi connectivity index (χ0v) is 17.8. The van der Waals surface area contributed by atoms with Crippen LogP contribution in [-0.4, -0.2) is 52.9 Å². The van der Waals surface area contributed by atoms with Crippen LogP contribution in [0.25, 0.3) is 10.8 Å². The molecule has 3 aromatic rings. The summed E-state index contributed by atoms with van der Waals surface area (Å²) in [5.41, 5.74) is 1.43. The first-order chi connectivity index (χ1) is 14.6. The summed E-state index contributed by atoms with van der Waals surface area (Å²) < 4.78 is 5.36. The number of halogens is 1. The molecular weight excluding hydrogens is 424 g/mol. The van der Waals surface area contributed by atoms with Crippen molar-refractivity contribution in [3.8, 4) is 10.8 Å². The quantitative estimate of drug-likeness (QED) is 0.648. The van der Waals surface area contributed by atoms with E-state index in [1.807, 2.05) is 22.4 Å². The van der Waals surface area contributed by atoms with Gasteiger partial charge in [0, 0.05) is 42.3 Å². The maximum absolute atomic E-state index is 12.8. The lowest BCUT2D eigenvalue weighted by Crippen LogP contribution is -2.39. The smallest absolute Gasteiger partial charge is 0.321 e. The van der Waals surface area contributed by atoms with E-state index in [9.17, 15) is 9.59 Å². The number of nitrogens with zero attached hydrogens (tertiary/aromatic N) is 3. The zero-order chi connectivity index (χ0) is 20.9. The zero-order valence-electron chi connectivity index (χ0n) is 16.2. The molecule has 1 aliphatic rings. The summed E-state index contributed by atoms with van der Waals surface area (Å²) in [5.74, 6) is 0.724. The van der Waals surface area contributed by atoms with Gasteiger partial charge in [-0.1, -0.05) is 11.6 Å². The van der Waals surface area contributed by atoms with E-state index < -0.39 is 0 Å². The van der Waals surface area contributed by atoms with Crippen LogP contribution in [0.5, 0.6) is 0 Å². The Kier molecular flexibility index (Phi) is 6.35. The molecule has 9 heteroatoms. The molecule has 4 rings (SSSR count). The van der Waals surface area contributed by atoms with Gasteiger partial charge in [-0.3, -0.25) is 4.79 Å². The van der Waals surface area contributed by atoms with Gasteiger partial charge in [0.15, 0.2) is 10.8 Å². The number of hydrogen-bond donors (Lipinski definition) is 1. The molecule has 1 aliphatic heterocycles. The molecule has 1 fully saturated rings. The largest absolute Gasteiger partial charge is 0.462 e. The minimum absolute atomic E-state index is 0.0197. The van der Waals surface area contributed by atoms with Crippen LogP contribution >= 0.6 is 22.9 Å². The Balaban J connectivity index is 1.30. The summed E-state index contributed by atoms with van der Waals surface area (Å²) >= 11 is 7.34. The van der Waals surface area contributed by atoms with E-state index in [0.29, 0.717) is 42.6 Å². The fourth-order valence-electron chi connectivity index (χ4n) is 3.27. The highest BCUT2D eigenvalue weighted by molar-refractivity contribution is 7.13. The topological polar surface area (TPSA) is 78.7 Å². The molecule has 2 aromatic heterocycles. The predicted molar refractivity (Wildman–Crippen MR) is 117 cm³/mol. The molecule has 3 heterocycles. The van der Waals surface area contributed by atoms with E-state index in [-0.39, 0.29) is 18.4 Å². The van der Waals surface area contributed by atoms with Gasteiger partial charge >= 0.3 is 6.03 Å². The number of carbonyl (C=O) groups is 2. The highest BCUT2D eigenvalue weighted by Gasteiger charge is 2.23. The van der Waals surface area contributed by atoms with Gasteiger partial charge in [-0.25, -0.2) is 9.78 Å². The molecule has 0 radical (unpaired) electrons. The minimum atomic E-state index is -0.172. The number of urea groups is 1. The van der Waals surface area contributed by atoms with Gasteiger partial charge in [0.2, 0.25) is 5.91 Å². The van der Waals surface area contributed by atoms with E-state index in [1.165, 1.54) is 11.3 Å². The molecule has 0 unspecified atom stereocenters. The first kappa shape index (κ1) is 20.4. The average Bonchev–Trinajstić information content (AvgIpc) is 3.36. The molecule has 1 N–H and O–H groups in total. The minimum Gasteiger partial charge on any atom is -0.462 e. The second kappa shape index (κ2) is 9.32. The summed E-state index contributed by atoms with van der Waals surface area (Å²) in [5, 5.41) is 6.15. The van der Waals surface area contributed by atoms with Crippen molar-refractivity contribution >= 4 is 40.6 Å². The Morgan fingerprint density at radius 3 is 2.63 bits per heavy atom. The number of thiazole rings is 1. The third-order valence-electron chi connectivity index (χ3n) is 4.85. The van der Waals surface area contributed by atoms with Gasteiger partial charge in [0.05, 0.1) is 18.4 Å². The Morgan fingerprint density at radius 2 is 1.87 bits per heavy atom. The van der Waals surface area contributed by atoms with Crippen molar-refractivity contribution in [3.05, 3.63) is 58.8 Å². The molecule has 7 nitrogen and oxygen atoms in total. The Morgan fingerprint density at radius 1 is 1.10 bits per heavy atom. The standard InChI is InChI=1S/C21H21ClN4O3S/c22-15-4-6-16(7-5-15)24-21(28)26-9-2-8-25(10-11-26)19(27)13-17-14-30-20(23-17)18-3-1-12-29-18/h1,3-7,12,14H,2,8-11,13H2,(H,24,28). The number of carbonyl (C=O) groups excluding carboxylic acids is 2. The molecular formula is C21H21ClN4O3S. The van der Waals surface area contributed by atoms with Gasteiger partial charge in [0.25, 0.3) is 0 Å². The second-order valence-electron chi connectivity index (χ2n) is 6.96. The molecule has 0 bridgehead atoms. The maximum atomic E-state index is 12.8. The first-order valence-electron chi connectivity index (χ1n) is 9.66. The Labute approximate surface area is 183 Å². The number of rotatable bonds is 4. The van der Waals surface area contributed by atoms with Crippen molar-refractivity contribution in [2.75, 3.05) is 31.5 Å². The number of nitrogens with one attached hydrogen (secondary N) is 1. The fourth-order valence-corrected chi connectivity index (χ4v) is 4.19. The van der Waals surface area contributed by atoms with E-state index in [1.54, 1.807) is 35.4 Å². The molecule has 30 heavy (non-hydrogen) atoms. The third kappa shape index (κ3) is 5.01. The summed E-state index contributed by atoms with van der Waals surface area (Å²) in [4.78, 5) is 33.3. The molecule has 0 aliphatic carbocycles. The number of hydrogen-bond acceptors (Lipinski definition) is 5. The fraction of sp³-hybridized carbons (Fsp3) is 0.286. The van der Waals surface area contributed by atoms with E-state index in [2.05, 4.69) is 10.3 Å². The van der Waals surface area contributed by atoms with Crippen molar-refractivity contribution in [3.63, 3.8) is 0 Å². The third-order valence-corrected chi connectivity index (χ3v) is 6.00. The van der Waals surface area contributed by atoms with Crippen LogP contribution in [0.2, 0.25) is 5.02 Å². The summed E-state index contributed by atoms with van der Waals surface area (Å²) in [6.07, 6.45) is 2.58. The molecule has 156 valence electrons. The van der Waals surface area contributed by atoms with Crippen molar-refractivity contribution in [2.45, 2.75) is 12.8 Å². The lowest BCUT2D eigenvalue weighted by molar-refractivity contribution is -0.130. The van der Waals surface area contributed by atoms with E-state index in [0.717, 1.165) is 17.1 Å². The van der Waals surface area contributed by atoms with Gasteiger partial charge in [-0.05, 0) is 42.8 Å². The normalized spacial score (nSPS) is 14.4. The van der Waals surface area contributed by atoms with Crippen LogP contribution in [0.1, 0.15) is 12.1 Å². The van der Waals surface area contributed by atoms with Crippen LogP contribution < -0.4 is 5.32 Å². The van der Waals surface area contributed by atoms with Gasteiger partial charge in [-0.2, -0.15) is 0 Å². The van der Waals surface area contributed by atoms with Crippen LogP contribution in [0.3, 0.4) is 0 Å². The number of benzene rings is 1. The first-order valence-corrected chi connectivity index (χ1v) is 10.9. The summed E-state index contributed by atoms with van der Waals surface area (Å²) in [6, 6.07) is 10.5. The van der Waals surface area contributed by atoms with E-state index >= 15 is 0 Å². The van der Waals surface area contributed by atoms with Crippen LogP contribution in [0, 0.1) is 0 Å². The maximum Gasteiger partial charge on any atom is 0.321 e. The molecule has 0 atom stereocenters. The molecule has 0 spiro atoms. The van der Waals surface area contributed by atoms with Crippen molar-refractivity contribution in [1.29, 1.82) is 0 Å². The van der Waals surface area contributed by atoms with Gasteiger partial charge in [0.1, 0.15) is 0 Å². The monoisotopic (exact) mass is 444 g/mol. The SMILES string of the molecule is O=C(Cc1csc(-c2ccco2)n1)N1CCCN(C(=O)Nc2ccc(Cl)cc2)CC1. The van der Waals surface area contributed by atoms with Crippen LogP contribution in [-0.2, 0) is 11.2 Å². The van der Waals surface area contributed by atoms with Crippen LogP contribution in [0.4, 0.5) is 10.5 Å². The molecule has 3 amide bonds. The predicted octanol–water partition coefficient (Wildman–Crippen LogP) is 4.37. The average molecular weight is 445 g/mol. The van der Waals surface area contributed by atoms with Crippen molar-refractivity contribution < 1.29 is 14.0 Å². The molecule has 0 saturated carbocycles. The van der Waals surface area contributed by atoms with Crippen molar-refractivity contribution in [2.24, 2.45) is 0 Å². The van der Waals surface area contributed by atoms with Gasteiger partial charge < -0.3 is 19.5 Å². The molecule has 1 aromatic carbocycles. The Bertz CT molecular complexity index is 1000. The highest BCUT2D eigenvalue weighted by atomic mass is 35.5. The lowest BCUT2D eigenvalue weighted by atomic mass is 10.3. The number of anilines is 1. The van der Waals surface area contributed by atoms with Crippen LogP contribution in [0.15, 0.2) is 52.5 Å². The number of furan rings is 1. The number of aromatic nitrogens is 1. The van der Waals surface area contributed by atoms with E-state index in [4.69, 9.17) is 16.0 Å². The number of amides is 3. The Hall–Kier alpha value is -2.84. The summed E-state index contributed by atoms with van der Waals surface area (Å²) in [6.45, 7) is 2.21. The highest BCUT2D eigenvalue weighted by Crippen LogP contribution is 2.24. The van der Waals surface area contributed by atoms with Crippen molar-refractivity contribution in [1.82, 2.24) is 14.8 Å². The lowest BCUT2D eigenvalue weighted by Gasteiger charge is -2.22. The van der Waals surface area contributed by atoms with Gasteiger partial charge in [-0.15, -0.1) is 11.3 Å². The summed E-state index contributed by atoms with van der Waals surface area (Å²) in [7, 11) is 0. The molecule has 1 saturated heterocycles.